The summed E-state index contributed by atoms with van der Waals surface area (Å²) in [6.45, 7) is 8.23. The van der Waals surface area contributed by atoms with Crippen molar-refractivity contribution in [3.63, 3.8) is 0 Å². The Hall–Kier alpha value is -1.88. The molecular formula is C21H28N2O2. The molecule has 1 atom stereocenters. The van der Waals surface area contributed by atoms with Gasteiger partial charge in [0.25, 0.3) is 0 Å². The van der Waals surface area contributed by atoms with Crippen LogP contribution in [-0.4, -0.2) is 50.9 Å². The monoisotopic (exact) mass is 340 g/mol. The second-order valence-electron chi connectivity index (χ2n) is 6.50. The molecule has 0 spiro atoms. The van der Waals surface area contributed by atoms with Crippen molar-refractivity contribution >= 4 is 0 Å². The Morgan fingerprint density at radius 2 is 1.88 bits per heavy atom. The lowest BCUT2D eigenvalue weighted by Gasteiger charge is -2.31. The Balaban J connectivity index is 1.52. The smallest absolute Gasteiger partial charge is 0.119 e. The highest BCUT2D eigenvalue weighted by atomic mass is 16.5. The predicted molar refractivity (Wildman–Crippen MR) is 101 cm³/mol. The molecule has 3 rings (SSSR count). The fourth-order valence-corrected chi connectivity index (χ4v) is 3.12. The maximum absolute atomic E-state index is 5.87. The van der Waals surface area contributed by atoms with Gasteiger partial charge in [0.15, 0.2) is 0 Å². The van der Waals surface area contributed by atoms with Gasteiger partial charge < -0.3 is 14.8 Å². The summed E-state index contributed by atoms with van der Waals surface area (Å²) in [7, 11) is 0. The van der Waals surface area contributed by atoms with Gasteiger partial charge >= 0.3 is 0 Å². The molecule has 1 aliphatic rings. The minimum atomic E-state index is 0.306. The molecule has 1 N–H and O–H groups in total. The number of morpholine rings is 1. The lowest BCUT2D eigenvalue weighted by atomic mass is 10.1. The van der Waals surface area contributed by atoms with Crippen molar-refractivity contribution in [2.24, 2.45) is 0 Å². The van der Waals surface area contributed by atoms with Gasteiger partial charge in [-0.1, -0.05) is 42.5 Å². The van der Waals surface area contributed by atoms with Gasteiger partial charge in [0, 0.05) is 32.2 Å². The van der Waals surface area contributed by atoms with E-state index in [4.69, 9.17) is 9.47 Å². The Bertz CT molecular complexity index is 627. The minimum absolute atomic E-state index is 0.306. The summed E-state index contributed by atoms with van der Waals surface area (Å²) in [6.07, 6.45) is 0. The summed E-state index contributed by atoms with van der Waals surface area (Å²) in [5.74, 6) is 0.936. The fourth-order valence-electron chi connectivity index (χ4n) is 3.12. The topological polar surface area (TPSA) is 33.7 Å². The van der Waals surface area contributed by atoms with E-state index in [9.17, 15) is 0 Å². The number of hydrogen-bond donors (Lipinski definition) is 1. The van der Waals surface area contributed by atoms with Gasteiger partial charge in [0.05, 0.1) is 13.2 Å². The van der Waals surface area contributed by atoms with Crippen molar-refractivity contribution < 1.29 is 9.47 Å². The van der Waals surface area contributed by atoms with Crippen LogP contribution in [0.2, 0.25) is 0 Å². The second-order valence-corrected chi connectivity index (χ2v) is 6.50. The average molecular weight is 340 g/mol. The normalized spacial score (nSPS) is 16.5. The van der Waals surface area contributed by atoms with E-state index in [1.807, 2.05) is 12.1 Å². The maximum atomic E-state index is 5.87. The molecule has 1 saturated heterocycles. The Kier molecular flexibility index (Phi) is 6.86. The van der Waals surface area contributed by atoms with E-state index in [2.05, 4.69) is 59.6 Å². The summed E-state index contributed by atoms with van der Waals surface area (Å²) in [6, 6.07) is 19.2. The summed E-state index contributed by atoms with van der Waals surface area (Å²) in [5.41, 5.74) is 2.55. The highest BCUT2D eigenvalue weighted by Gasteiger charge is 2.17. The van der Waals surface area contributed by atoms with Crippen molar-refractivity contribution in [1.82, 2.24) is 10.2 Å². The van der Waals surface area contributed by atoms with Gasteiger partial charge in [0.1, 0.15) is 12.4 Å². The van der Waals surface area contributed by atoms with E-state index < -0.39 is 0 Å². The Morgan fingerprint density at radius 1 is 1.08 bits per heavy atom. The van der Waals surface area contributed by atoms with Crippen molar-refractivity contribution in [3.05, 3.63) is 65.7 Å². The third-order valence-corrected chi connectivity index (χ3v) is 4.50. The molecule has 1 aliphatic heterocycles. The first-order valence-corrected chi connectivity index (χ1v) is 9.09. The Morgan fingerprint density at radius 3 is 2.64 bits per heavy atom. The molecule has 1 heterocycles. The highest BCUT2D eigenvalue weighted by molar-refractivity contribution is 5.27. The molecule has 134 valence electrons. The third-order valence-electron chi connectivity index (χ3n) is 4.50. The van der Waals surface area contributed by atoms with Gasteiger partial charge in [-0.05, 0) is 30.2 Å². The second kappa shape index (κ2) is 9.56. The largest absolute Gasteiger partial charge is 0.492 e. The molecule has 0 saturated carbocycles. The molecule has 0 bridgehead atoms. The summed E-state index contributed by atoms with van der Waals surface area (Å²) in [4.78, 5) is 2.47. The van der Waals surface area contributed by atoms with Crippen LogP contribution in [0, 0.1) is 6.92 Å². The molecule has 0 amide bonds. The lowest BCUT2D eigenvalue weighted by Crippen LogP contribution is -2.42. The van der Waals surface area contributed by atoms with Gasteiger partial charge in [0.2, 0.25) is 0 Å². The van der Waals surface area contributed by atoms with E-state index in [1.54, 1.807) is 0 Å². The van der Waals surface area contributed by atoms with Gasteiger partial charge in [-0.15, -0.1) is 0 Å². The average Bonchev–Trinajstić information content (AvgIpc) is 2.66. The predicted octanol–water partition coefficient (Wildman–Crippen LogP) is 3.04. The molecule has 4 heteroatoms. The first kappa shape index (κ1) is 17.9. The number of hydrogen-bond acceptors (Lipinski definition) is 4. The summed E-state index contributed by atoms with van der Waals surface area (Å²) < 4.78 is 11.3. The van der Waals surface area contributed by atoms with Crippen molar-refractivity contribution in [1.29, 1.82) is 0 Å². The molecule has 2 aromatic carbocycles. The van der Waals surface area contributed by atoms with Crippen molar-refractivity contribution in [3.8, 4) is 5.75 Å². The van der Waals surface area contributed by atoms with Crippen LogP contribution in [0.15, 0.2) is 54.6 Å². The van der Waals surface area contributed by atoms with E-state index in [0.29, 0.717) is 12.6 Å². The van der Waals surface area contributed by atoms with Crippen LogP contribution in [-0.2, 0) is 4.74 Å². The standard InChI is InChI=1S/C21H28N2O2/c1-18-6-5-9-20(16-18)25-13-10-22-21(19-7-3-2-4-8-19)17-23-11-14-24-15-12-23/h2-9,16,21-22H,10-15,17H2,1H3. The van der Waals surface area contributed by atoms with E-state index in [-0.39, 0.29) is 0 Å². The minimum Gasteiger partial charge on any atom is -0.492 e. The number of nitrogens with one attached hydrogen (secondary N) is 1. The Labute approximate surface area is 150 Å². The quantitative estimate of drug-likeness (QED) is 0.749. The van der Waals surface area contributed by atoms with Gasteiger partial charge in [-0.25, -0.2) is 0 Å². The zero-order valence-electron chi connectivity index (χ0n) is 15.0. The molecule has 0 radical (unpaired) electrons. The summed E-state index contributed by atoms with van der Waals surface area (Å²) in [5, 5.41) is 3.66. The molecule has 2 aromatic rings. The van der Waals surface area contributed by atoms with Crippen LogP contribution in [0.25, 0.3) is 0 Å². The van der Waals surface area contributed by atoms with Crippen LogP contribution in [0.4, 0.5) is 0 Å². The number of nitrogens with zero attached hydrogens (tertiary/aromatic N) is 1. The number of rotatable bonds is 8. The van der Waals surface area contributed by atoms with Crippen molar-refractivity contribution in [2.75, 3.05) is 46.0 Å². The van der Waals surface area contributed by atoms with Crippen LogP contribution in [0.1, 0.15) is 17.2 Å². The van der Waals surface area contributed by atoms with Gasteiger partial charge in [-0.3, -0.25) is 4.90 Å². The first-order chi connectivity index (χ1) is 12.3. The molecule has 0 aliphatic carbocycles. The van der Waals surface area contributed by atoms with Crippen LogP contribution in [0.3, 0.4) is 0 Å². The fraction of sp³-hybridized carbons (Fsp3) is 0.429. The number of benzene rings is 2. The highest BCUT2D eigenvalue weighted by Crippen LogP contribution is 2.16. The zero-order chi connectivity index (χ0) is 17.3. The molecule has 1 unspecified atom stereocenters. The van der Waals surface area contributed by atoms with E-state index in [1.165, 1.54) is 11.1 Å². The van der Waals surface area contributed by atoms with Crippen LogP contribution in [0.5, 0.6) is 5.75 Å². The van der Waals surface area contributed by atoms with Crippen LogP contribution >= 0.6 is 0 Å². The SMILES string of the molecule is Cc1cccc(OCCNC(CN2CCOCC2)c2ccccc2)c1. The van der Waals surface area contributed by atoms with Crippen LogP contribution < -0.4 is 10.1 Å². The maximum Gasteiger partial charge on any atom is 0.119 e. The molecule has 4 nitrogen and oxygen atoms in total. The van der Waals surface area contributed by atoms with E-state index in [0.717, 1.165) is 45.1 Å². The number of ether oxygens (including phenoxy) is 2. The van der Waals surface area contributed by atoms with Crippen molar-refractivity contribution in [2.45, 2.75) is 13.0 Å². The van der Waals surface area contributed by atoms with E-state index >= 15 is 0 Å². The molecular weight excluding hydrogens is 312 g/mol. The summed E-state index contributed by atoms with van der Waals surface area (Å²) >= 11 is 0. The first-order valence-electron chi connectivity index (χ1n) is 9.09. The molecule has 25 heavy (non-hydrogen) atoms. The lowest BCUT2D eigenvalue weighted by molar-refractivity contribution is 0.0332. The van der Waals surface area contributed by atoms with Gasteiger partial charge in [-0.2, -0.15) is 0 Å². The number of aryl methyl sites for hydroxylation is 1. The molecule has 1 fully saturated rings. The zero-order valence-corrected chi connectivity index (χ0v) is 15.0. The molecule has 0 aromatic heterocycles. The third kappa shape index (κ3) is 5.85.